The van der Waals surface area contributed by atoms with Gasteiger partial charge in [0.05, 0.1) is 5.92 Å². The van der Waals surface area contributed by atoms with Crippen molar-refractivity contribution in [2.75, 3.05) is 6.61 Å². The van der Waals surface area contributed by atoms with Crippen LogP contribution < -0.4 is 0 Å². The summed E-state index contributed by atoms with van der Waals surface area (Å²) in [5.74, 6) is -38.5. The van der Waals surface area contributed by atoms with Crippen molar-refractivity contribution in [2.24, 2.45) is 5.92 Å². The highest BCUT2D eigenvalue weighted by atomic mass is 28.3. The number of carbonyl (C=O) groups is 1. The second-order valence-corrected chi connectivity index (χ2v) is 16.7. The number of esters is 1. The summed E-state index contributed by atoms with van der Waals surface area (Å²) in [5, 5.41) is 9.25. The Hall–Kier alpha value is -1.30. The molecule has 0 aromatic carbocycles. The van der Waals surface area contributed by atoms with Gasteiger partial charge in [-0.25, -0.2) is 8.78 Å². The van der Waals surface area contributed by atoms with Gasteiger partial charge in [-0.05, 0) is 12.8 Å². The van der Waals surface area contributed by atoms with Crippen molar-refractivity contribution in [1.29, 1.82) is 0 Å². The van der Waals surface area contributed by atoms with Crippen LogP contribution in [0.5, 0.6) is 0 Å². The summed E-state index contributed by atoms with van der Waals surface area (Å²) in [6.45, 7) is 6.22. The number of halogens is 13. The topological polar surface area (TPSA) is 55.8 Å². The minimum absolute atomic E-state index is 0.155. The van der Waals surface area contributed by atoms with Gasteiger partial charge in [0.25, 0.3) is 5.60 Å². The second kappa shape index (κ2) is 10.6. The van der Waals surface area contributed by atoms with Crippen LogP contribution in [0.25, 0.3) is 0 Å². The van der Waals surface area contributed by atoms with Crippen molar-refractivity contribution in [1.82, 2.24) is 0 Å². The van der Waals surface area contributed by atoms with Crippen LogP contribution in [-0.4, -0.2) is 73.4 Å². The van der Waals surface area contributed by atoms with Gasteiger partial charge >= 0.3 is 48.0 Å². The van der Waals surface area contributed by atoms with Crippen LogP contribution in [0.4, 0.5) is 57.1 Å². The molecule has 226 valence electrons. The van der Waals surface area contributed by atoms with Gasteiger partial charge in [-0.3, -0.25) is 4.79 Å². The van der Waals surface area contributed by atoms with Gasteiger partial charge in [-0.1, -0.05) is 45.5 Å². The van der Waals surface area contributed by atoms with E-state index in [-0.39, 0.29) is 25.7 Å². The van der Waals surface area contributed by atoms with Gasteiger partial charge in [0.15, 0.2) is 0 Å². The predicted octanol–water partition coefficient (Wildman–Crippen LogP) is 6.89. The quantitative estimate of drug-likeness (QED) is 0.203. The summed E-state index contributed by atoms with van der Waals surface area (Å²) in [7, 11) is -0.611. The number of aliphatic hydroxyl groups is 1. The van der Waals surface area contributed by atoms with Gasteiger partial charge in [0.1, 0.15) is 6.61 Å². The normalized spacial score (nSPS) is 27.7. The average Bonchev–Trinajstić information content (AvgIpc) is 2.95. The third kappa shape index (κ3) is 5.76. The summed E-state index contributed by atoms with van der Waals surface area (Å²) < 4.78 is 184. The first-order valence-electron chi connectivity index (χ1n) is 11.1. The molecule has 2 fully saturated rings. The number of carbonyl (C=O) groups excluding carboxylic acids is 1. The molecule has 18 heteroatoms. The van der Waals surface area contributed by atoms with Crippen LogP contribution >= 0.6 is 0 Å². The summed E-state index contributed by atoms with van der Waals surface area (Å²) in [4.78, 5) is 12.2. The number of ether oxygens (including phenoxy) is 2. The first kappa shape index (κ1) is 34.7. The van der Waals surface area contributed by atoms with Crippen molar-refractivity contribution in [3.63, 3.8) is 0 Å². The van der Waals surface area contributed by atoms with Crippen LogP contribution in [0.15, 0.2) is 0 Å². The van der Waals surface area contributed by atoms with Crippen LogP contribution in [0.2, 0.25) is 26.2 Å². The highest BCUT2D eigenvalue weighted by molar-refractivity contribution is 6.74. The molecule has 2 rings (SSSR count). The van der Waals surface area contributed by atoms with Crippen LogP contribution in [0.1, 0.15) is 32.1 Å². The maximum Gasteiger partial charge on any atom is 0.449 e. The molecule has 1 aliphatic heterocycles. The molecule has 2 atom stereocenters. The number of alkyl halides is 13. The van der Waals surface area contributed by atoms with E-state index in [1.165, 1.54) is 0 Å². The minimum Gasteiger partial charge on any atom is -0.443 e. The molecule has 0 aromatic heterocycles. The summed E-state index contributed by atoms with van der Waals surface area (Å²) >= 11 is 0. The number of hydrogen-bond donors (Lipinski definition) is 1. The molecule has 0 aromatic rings. The zero-order valence-corrected chi connectivity index (χ0v) is 21.5. The zero-order chi connectivity index (χ0) is 30.4. The Morgan fingerprint density at radius 1 is 0.921 bits per heavy atom. The Bertz CT molecular complexity index is 832. The van der Waals surface area contributed by atoms with Crippen molar-refractivity contribution in [3.05, 3.63) is 0 Å². The molecule has 0 amide bonds. The molecule has 0 radical (unpaired) electrons. The Morgan fingerprint density at radius 3 is 1.68 bits per heavy atom. The van der Waals surface area contributed by atoms with E-state index >= 15 is 0 Å². The first-order valence-corrected chi connectivity index (χ1v) is 15.1. The summed E-state index contributed by atoms with van der Waals surface area (Å²) in [6, 6.07) is 0. The monoisotopic (exact) mass is 606 g/mol. The standard InChI is InChI=1S/C16H15F13O4.C4H12Si/c17-9(18)11(19,20)14(25,26)12(21,22)10(33-8(30)7-4-2-1-3-5-7)6-32-15(31,13(10,23)24)16(27,28)29;1-5(2,3)4/h7,9,31H,1-6H2;1-4H3. The molecule has 1 aliphatic carbocycles. The lowest BCUT2D eigenvalue weighted by atomic mass is 9.80. The SMILES string of the molecule is C[Si](C)(C)C.O=C(OC1(C(F)(F)C(F)(F)C(F)(F)C(F)F)COC(O)(C(F)(F)F)C1(F)F)C1CCCCC1. The van der Waals surface area contributed by atoms with Gasteiger partial charge < -0.3 is 14.6 Å². The maximum absolute atomic E-state index is 14.7. The lowest BCUT2D eigenvalue weighted by Gasteiger charge is -2.45. The molecule has 2 aliphatic rings. The van der Waals surface area contributed by atoms with Crippen molar-refractivity contribution in [3.8, 4) is 0 Å². The number of rotatable bonds is 6. The lowest BCUT2D eigenvalue weighted by molar-refractivity contribution is -0.433. The van der Waals surface area contributed by atoms with Crippen LogP contribution in [0.3, 0.4) is 0 Å². The third-order valence-electron chi connectivity index (χ3n) is 5.61. The highest BCUT2D eigenvalue weighted by Crippen LogP contribution is 2.64. The lowest BCUT2D eigenvalue weighted by Crippen LogP contribution is -2.76. The molecule has 1 saturated carbocycles. The van der Waals surface area contributed by atoms with Crippen molar-refractivity contribution in [2.45, 2.75) is 106 Å². The molecule has 2 unspecified atom stereocenters. The summed E-state index contributed by atoms with van der Waals surface area (Å²) in [5.41, 5.74) is -5.94. The van der Waals surface area contributed by atoms with Gasteiger partial charge in [0.2, 0.25) is 0 Å². The summed E-state index contributed by atoms with van der Waals surface area (Å²) in [6.07, 6.45) is -12.1. The Kier molecular flexibility index (Phi) is 9.68. The van der Waals surface area contributed by atoms with Crippen molar-refractivity contribution >= 4 is 14.0 Å². The minimum atomic E-state index is -7.51. The van der Waals surface area contributed by atoms with E-state index in [1.807, 2.05) is 0 Å². The third-order valence-corrected chi connectivity index (χ3v) is 5.61. The molecule has 0 spiro atoms. The molecule has 38 heavy (non-hydrogen) atoms. The van der Waals surface area contributed by atoms with E-state index in [9.17, 15) is 67.0 Å². The Labute approximate surface area is 209 Å². The smallest absolute Gasteiger partial charge is 0.443 e. The van der Waals surface area contributed by atoms with E-state index in [0.29, 0.717) is 6.42 Å². The molecule has 1 N–H and O–H groups in total. The highest BCUT2D eigenvalue weighted by Gasteiger charge is 2.95. The average molecular weight is 606 g/mol. The zero-order valence-electron chi connectivity index (χ0n) is 20.5. The molecular formula is C20H27F13O4Si. The van der Waals surface area contributed by atoms with Gasteiger partial charge in [-0.15, -0.1) is 0 Å². The van der Waals surface area contributed by atoms with Gasteiger partial charge in [-0.2, -0.15) is 48.3 Å². The predicted molar refractivity (Wildman–Crippen MR) is 107 cm³/mol. The van der Waals surface area contributed by atoms with Crippen LogP contribution in [0, 0.1) is 5.92 Å². The van der Waals surface area contributed by atoms with Gasteiger partial charge in [0, 0.05) is 8.07 Å². The largest absolute Gasteiger partial charge is 0.449 e. The number of hydrogen-bond acceptors (Lipinski definition) is 4. The van der Waals surface area contributed by atoms with E-state index in [2.05, 4.69) is 35.7 Å². The fourth-order valence-corrected chi connectivity index (χ4v) is 3.56. The Morgan fingerprint density at radius 2 is 1.34 bits per heavy atom. The van der Waals surface area contributed by atoms with E-state index in [0.717, 1.165) is 0 Å². The molecular weight excluding hydrogens is 579 g/mol. The van der Waals surface area contributed by atoms with E-state index < -0.39 is 74.2 Å². The molecule has 4 nitrogen and oxygen atoms in total. The maximum atomic E-state index is 14.7. The van der Waals surface area contributed by atoms with E-state index in [1.54, 1.807) is 0 Å². The fraction of sp³-hybridized carbons (Fsp3) is 0.950. The fourth-order valence-electron chi connectivity index (χ4n) is 3.56. The van der Waals surface area contributed by atoms with E-state index in [4.69, 9.17) is 0 Å². The Balaban J connectivity index is 0.00000132. The van der Waals surface area contributed by atoms with Crippen molar-refractivity contribution < 1.29 is 76.5 Å². The molecule has 1 saturated heterocycles. The van der Waals surface area contributed by atoms with Crippen LogP contribution in [-0.2, 0) is 14.3 Å². The second-order valence-electron chi connectivity index (χ2n) is 10.7. The first-order chi connectivity index (χ1) is 16.6. The molecule has 1 heterocycles. The molecule has 0 bridgehead atoms.